The molecule has 4 heteroatoms. The molecule has 4 rings (SSSR count). The molecule has 0 bridgehead atoms. The van der Waals surface area contributed by atoms with Crippen LogP contribution in [-0.2, 0) is 11.2 Å². The van der Waals surface area contributed by atoms with Crippen LogP contribution >= 0.6 is 0 Å². The Balaban J connectivity index is 1.38. The summed E-state index contributed by atoms with van der Waals surface area (Å²) in [7, 11) is 0. The number of likely N-dealkylation sites (tertiary alicyclic amines) is 1. The Bertz CT molecular complexity index is 868. The van der Waals surface area contributed by atoms with E-state index < -0.39 is 0 Å². The van der Waals surface area contributed by atoms with Gasteiger partial charge in [-0.2, -0.15) is 5.26 Å². The summed E-state index contributed by atoms with van der Waals surface area (Å²) in [4.78, 5) is 16.9. The first-order valence-electron chi connectivity index (χ1n) is 10.4. The fraction of sp³-hybridized carbons (Fsp3) is 0.417. The fourth-order valence-electron chi connectivity index (χ4n) is 4.46. The average Bonchev–Trinajstić information content (AvgIpc) is 3.22. The van der Waals surface area contributed by atoms with Gasteiger partial charge in [-0.25, -0.2) is 0 Å². The molecule has 2 aliphatic rings. The van der Waals surface area contributed by atoms with Crippen molar-refractivity contribution in [1.29, 1.82) is 5.26 Å². The van der Waals surface area contributed by atoms with Gasteiger partial charge >= 0.3 is 0 Å². The topological polar surface area (TPSA) is 47.3 Å². The molecule has 2 aromatic carbocycles. The second-order valence-electron chi connectivity index (χ2n) is 7.90. The average molecular weight is 374 g/mol. The van der Waals surface area contributed by atoms with Crippen molar-refractivity contribution in [3.05, 3.63) is 65.2 Å². The Labute approximate surface area is 167 Å². The fourth-order valence-corrected chi connectivity index (χ4v) is 4.46. The van der Waals surface area contributed by atoms with Gasteiger partial charge in [0.25, 0.3) is 0 Å². The third kappa shape index (κ3) is 4.10. The number of amides is 1. The van der Waals surface area contributed by atoms with Crippen LogP contribution in [0.1, 0.15) is 48.3 Å². The monoisotopic (exact) mass is 373 g/mol. The minimum atomic E-state index is 0.265. The van der Waals surface area contributed by atoms with E-state index in [-0.39, 0.29) is 5.91 Å². The lowest BCUT2D eigenvalue weighted by atomic mass is 9.97. The zero-order valence-electron chi connectivity index (χ0n) is 16.3. The summed E-state index contributed by atoms with van der Waals surface area (Å²) in [6, 6.07) is 18.6. The molecule has 0 saturated carbocycles. The maximum Gasteiger partial charge on any atom is 0.226 e. The summed E-state index contributed by atoms with van der Waals surface area (Å²) in [5.74, 6) is 0.812. The lowest BCUT2D eigenvalue weighted by molar-refractivity contribution is -0.119. The zero-order valence-corrected chi connectivity index (χ0v) is 16.3. The third-order valence-corrected chi connectivity index (χ3v) is 6.09. The Morgan fingerprint density at radius 3 is 2.64 bits per heavy atom. The predicted octanol–water partition coefficient (Wildman–Crippen LogP) is 4.11. The normalized spacial score (nSPS) is 20.3. The lowest BCUT2D eigenvalue weighted by Gasteiger charge is -2.29. The number of anilines is 1. The summed E-state index contributed by atoms with van der Waals surface area (Å²) in [5.41, 5.74) is 4.44. The number of para-hydroxylation sites is 1. The number of rotatable bonds is 5. The van der Waals surface area contributed by atoms with E-state index in [1.165, 1.54) is 11.1 Å². The number of nitrogens with zero attached hydrogens (tertiary/aromatic N) is 3. The summed E-state index contributed by atoms with van der Waals surface area (Å²) in [6.07, 6.45) is 4.92. The van der Waals surface area contributed by atoms with Crippen molar-refractivity contribution in [2.24, 2.45) is 0 Å². The van der Waals surface area contributed by atoms with Gasteiger partial charge in [0.2, 0.25) is 5.91 Å². The van der Waals surface area contributed by atoms with Crippen LogP contribution in [0, 0.1) is 11.3 Å². The van der Waals surface area contributed by atoms with Crippen LogP contribution in [0.25, 0.3) is 0 Å². The molecule has 2 aliphatic heterocycles. The summed E-state index contributed by atoms with van der Waals surface area (Å²) < 4.78 is 0. The highest BCUT2D eigenvalue weighted by Crippen LogP contribution is 2.29. The first-order valence-corrected chi connectivity index (χ1v) is 10.4. The zero-order chi connectivity index (χ0) is 19.3. The Kier molecular flexibility index (Phi) is 5.73. The molecule has 4 nitrogen and oxygen atoms in total. The van der Waals surface area contributed by atoms with Gasteiger partial charge in [0.05, 0.1) is 11.6 Å². The second-order valence-corrected chi connectivity index (χ2v) is 7.90. The van der Waals surface area contributed by atoms with Crippen molar-refractivity contribution in [2.75, 3.05) is 31.1 Å². The van der Waals surface area contributed by atoms with Crippen LogP contribution in [0.4, 0.5) is 5.69 Å². The van der Waals surface area contributed by atoms with Gasteiger partial charge in [0, 0.05) is 31.7 Å². The van der Waals surface area contributed by atoms with Gasteiger partial charge in [-0.05, 0) is 67.5 Å². The highest BCUT2D eigenvalue weighted by Gasteiger charge is 2.25. The number of benzene rings is 2. The molecule has 1 amide bonds. The van der Waals surface area contributed by atoms with Crippen molar-refractivity contribution in [3.8, 4) is 6.07 Å². The Morgan fingerprint density at radius 2 is 1.86 bits per heavy atom. The van der Waals surface area contributed by atoms with Crippen LogP contribution in [0.5, 0.6) is 0 Å². The number of carbonyl (C=O) groups excluding carboxylic acids is 1. The Hall–Kier alpha value is -2.64. The van der Waals surface area contributed by atoms with Gasteiger partial charge in [-0.15, -0.1) is 0 Å². The minimum absolute atomic E-state index is 0.265. The van der Waals surface area contributed by atoms with E-state index in [4.69, 9.17) is 5.26 Å². The third-order valence-electron chi connectivity index (χ3n) is 6.09. The molecule has 2 aromatic rings. The van der Waals surface area contributed by atoms with Crippen LogP contribution in [-0.4, -0.2) is 37.0 Å². The molecule has 0 aromatic heterocycles. The molecule has 28 heavy (non-hydrogen) atoms. The van der Waals surface area contributed by atoms with Crippen LogP contribution in [0.15, 0.2) is 48.5 Å². The van der Waals surface area contributed by atoms with E-state index in [0.717, 1.165) is 63.1 Å². The maximum absolute atomic E-state index is 12.3. The molecular formula is C24H27N3O. The van der Waals surface area contributed by atoms with Crippen LogP contribution in [0.3, 0.4) is 0 Å². The number of piperidine rings is 1. The van der Waals surface area contributed by atoms with E-state index in [0.29, 0.717) is 12.3 Å². The SMILES string of the molecule is N#Cc1ccc(C2CCN(CCc3ccccc3N3CCCCC3=O)C2)cc1. The first-order chi connectivity index (χ1) is 13.7. The molecule has 2 heterocycles. The van der Waals surface area contributed by atoms with Gasteiger partial charge < -0.3 is 9.80 Å². The Morgan fingerprint density at radius 1 is 1.04 bits per heavy atom. The molecule has 0 spiro atoms. The minimum Gasteiger partial charge on any atom is -0.312 e. The van der Waals surface area contributed by atoms with Crippen molar-refractivity contribution >= 4 is 11.6 Å². The standard InChI is InChI=1S/C24H27N3O/c25-17-19-8-10-20(11-9-19)22-13-16-26(18-22)15-12-21-5-1-2-6-23(21)27-14-4-3-7-24(27)28/h1-2,5-6,8-11,22H,3-4,7,12-16,18H2. The molecule has 1 unspecified atom stereocenters. The largest absolute Gasteiger partial charge is 0.312 e. The van der Waals surface area contributed by atoms with Crippen molar-refractivity contribution in [2.45, 2.75) is 38.0 Å². The van der Waals surface area contributed by atoms with E-state index in [1.807, 2.05) is 23.1 Å². The van der Waals surface area contributed by atoms with E-state index in [9.17, 15) is 4.79 Å². The molecule has 0 radical (unpaired) electrons. The van der Waals surface area contributed by atoms with E-state index in [2.05, 4.69) is 41.3 Å². The van der Waals surface area contributed by atoms with Gasteiger partial charge in [0.15, 0.2) is 0 Å². The highest BCUT2D eigenvalue weighted by molar-refractivity contribution is 5.94. The van der Waals surface area contributed by atoms with Gasteiger partial charge in [-0.3, -0.25) is 4.79 Å². The number of carbonyl (C=O) groups is 1. The number of hydrogen-bond acceptors (Lipinski definition) is 3. The second kappa shape index (κ2) is 8.58. The number of hydrogen-bond donors (Lipinski definition) is 0. The van der Waals surface area contributed by atoms with E-state index in [1.54, 1.807) is 0 Å². The molecule has 0 N–H and O–H groups in total. The van der Waals surface area contributed by atoms with E-state index >= 15 is 0 Å². The molecule has 2 fully saturated rings. The maximum atomic E-state index is 12.3. The van der Waals surface area contributed by atoms with Crippen LogP contribution in [0.2, 0.25) is 0 Å². The van der Waals surface area contributed by atoms with Crippen molar-refractivity contribution in [1.82, 2.24) is 4.90 Å². The molecule has 1 atom stereocenters. The summed E-state index contributed by atoms with van der Waals surface area (Å²) in [6.45, 7) is 4.04. The predicted molar refractivity (Wildman–Crippen MR) is 111 cm³/mol. The highest BCUT2D eigenvalue weighted by atomic mass is 16.2. The van der Waals surface area contributed by atoms with Crippen LogP contribution < -0.4 is 4.90 Å². The quantitative estimate of drug-likeness (QED) is 0.792. The number of nitriles is 1. The molecular weight excluding hydrogens is 346 g/mol. The summed E-state index contributed by atoms with van der Waals surface area (Å²) >= 11 is 0. The van der Waals surface area contributed by atoms with Crippen molar-refractivity contribution < 1.29 is 4.79 Å². The van der Waals surface area contributed by atoms with Crippen molar-refractivity contribution in [3.63, 3.8) is 0 Å². The van der Waals surface area contributed by atoms with Gasteiger partial charge in [-0.1, -0.05) is 30.3 Å². The molecule has 2 saturated heterocycles. The smallest absolute Gasteiger partial charge is 0.226 e. The first kappa shape index (κ1) is 18.7. The molecule has 0 aliphatic carbocycles. The summed E-state index contributed by atoms with van der Waals surface area (Å²) in [5, 5.41) is 8.96. The molecule has 144 valence electrons. The lowest BCUT2D eigenvalue weighted by Crippen LogP contribution is -2.36. The van der Waals surface area contributed by atoms with Gasteiger partial charge in [0.1, 0.15) is 0 Å².